The average molecular weight is 394 g/mol. The normalized spacial score (nSPS) is 12.7. The molecule has 1 N–H and O–H groups in total. The average Bonchev–Trinajstić information content (AvgIpc) is 2.51. The van der Waals surface area contributed by atoms with Crippen LogP contribution in [0.25, 0.3) is 0 Å². The van der Waals surface area contributed by atoms with Crippen molar-refractivity contribution < 1.29 is 18.3 Å². The Morgan fingerprint density at radius 1 is 0.640 bits per heavy atom. The van der Waals surface area contributed by atoms with Gasteiger partial charge in [-0.2, -0.15) is 0 Å². The van der Waals surface area contributed by atoms with Gasteiger partial charge in [-0.05, 0) is 65.0 Å². The molecule has 0 radical (unpaired) electrons. The largest absolute Gasteiger partial charge is 0.418 e. The minimum absolute atomic E-state index is 0.769. The third-order valence-corrected chi connectivity index (χ3v) is 9.31. The molecule has 0 heterocycles. The molecule has 0 fully saturated rings. The van der Waals surface area contributed by atoms with E-state index in [0.717, 1.165) is 65.6 Å². The van der Waals surface area contributed by atoms with Crippen molar-refractivity contribution in [2.45, 2.75) is 65.0 Å². The van der Waals surface area contributed by atoms with Gasteiger partial charge in [-0.1, -0.05) is 0 Å². The minimum atomic E-state index is -1.43. The first kappa shape index (κ1) is 25.2. The molecule has 0 atom stereocenters. The molecule has 5 nitrogen and oxygen atoms in total. The van der Waals surface area contributed by atoms with Gasteiger partial charge in [0.15, 0.2) is 16.6 Å². The highest BCUT2D eigenvalue weighted by Crippen LogP contribution is 2.14. The van der Waals surface area contributed by atoms with Gasteiger partial charge in [0, 0.05) is 39.5 Å². The van der Waals surface area contributed by atoms with Gasteiger partial charge in [-0.3, -0.25) is 0 Å². The van der Waals surface area contributed by atoms with Crippen LogP contribution >= 0.6 is 0 Å². The molecular weight excluding hydrogens is 350 g/mol. The van der Waals surface area contributed by atoms with Gasteiger partial charge in [0.1, 0.15) is 0 Å². The van der Waals surface area contributed by atoms with Gasteiger partial charge in [-0.25, -0.2) is 0 Å². The van der Waals surface area contributed by atoms with Crippen LogP contribution < -0.4 is 5.32 Å². The lowest BCUT2D eigenvalue weighted by Crippen LogP contribution is -2.30. The summed E-state index contributed by atoms with van der Waals surface area (Å²) in [6.45, 7) is 19.9. The Morgan fingerprint density at radius 3 is 1.40 bits per heavy atom. The Kier molecular flexibility index (Phi) is 15.5. The monoisotopic (exact) mass is 393 g/mol. The van der Waals surface area contributed by atoms with Crippen LogP contribution in [-0.2, 0) is 18.3 Å². The smallest absolute Gasteiger partial charge is 0.186 e. The number of ether oxygens (including phenoxy) is 2. The second kappa shape index (κ2) is 15.3. The van der Waals surface area contributed by atoms with E-state index in [1.54, 1.807) is 0 Å². The fourth-order valence-corrected chi connectivity index (χ4v) is 6.59. The zero-order valence-electron chi connectivity index (χ0n) is 17.6. The van der Waals surface area contributed by atoms with Crippen LogP contribution in [-0.4, -0.2) is 69.4 Å². The Hall–Kier alpha value is 0.234. The van der Waals surface area contributed by atoms with Crippen LogP contribution in [0.15, 0.2) is 0 Å². The molecule has 0 aromatic heterocycles. The predicted octanol–water partition coefficient (Wildman–Crippen LogP) is 3.87. The second-order valence-corrected chi connectivity index (χ2v) is 16.2. The summed E-state index contributed by atoms with van der Waals surface area (Å²) >= 11 is 0. The van der Waals surface area contributed by atoms with E-state index in [4.69, 9.17) is 18.3 Å². The first-order valence-electron chi connectivity index (χ1n) is 9.97. The van der Waals surface area contributed by atoms with Gasteiger partial charge in [0.25, 0.3) is 0 Å². The highest BCUT2D eigenvalue weighted by Gasteiger charge is 2.21. The van der Waals surface area contributed by atoms with E-state index < -0.39 is 16.6 Å². The Labute approximate surface area is 158 Å². The molecule has 0 bridgehead atoms. The summed E-state index contributed by atoms with van der Waals surface area (Å²) in [7, 11) is -2.87. The van der Waals surface area contributed by atoms with Gasteiger partial charge in [0.2, 0.25) is 0 Å². The lowest BCUT2D eigenvalue weighted by atomic mass is 10.5. The molecule has 0 saturated carbocycles. The van der Waals surface area contributed by atoms with Crippen LogP contribution in [0.1, 0.15) is 26.7 Å². The molecule has 0 unspecified atom stereocenters. The summed E-state index contributed by atoms with van der Waals surface area (Å²) in [5.74, 6) is 0. The molecule has 7 heteroatoms. The quantitative estimate of drug-likeness (QED) is 0.283. The van der Waals surface area contributed by atoms with Crippen molar-refractivity contribution in [1.82, 2.24) is 5.32 Å². The lowest BCUT2D eigenvalue weighted by molar-refractivity contribution is 0.121. The third kappa shape index (κ3) is 17.4. The Bertz CT molecular complexity index is 277. The molecule has 25 heavy (non-hydrogen) atoms. The summed E-state index contributed by atoms with van der Waals surface area (Å²) in [5.41, 5.74) is 0. The summed E-state index contributed by atoms with van der Waals surface area (Å²) in [5, 5.41) is 3.36. The molecule has 0 aliphatic carbocycles. The fourth-order valence-electron chi connectivity index (χ4n) is 2.74. The van der Waals surface area contributed by atoms with E-state index in [2.05, 4.69) is 45.4 Å². The SMILES string of the molecule is CCO[Si](C)(C)CCCOCCNCCOCCC[Si](C)(C)OCC. The molecule has 0 rings (SSSR count). The molecule has 0 aromatic rings. The number of hydrogen-bond acceptors (Lipinski definition) is 5. The van der Waals surface area contributed by atoms with Crippen molar-refractivity contribution in [2.24, 2.45) is 0 Å². The van der Waals surface area contributed by atoms with E-state index >= 15 is 0 Å². The Morgan fingerprint density at radius 2 is 1.04 bits per heavy atom. The third-order valence-electron chi connectivity index (χ3n) is 4.05. The minimum Gasteiger partial charge on any atom is -0.418 e. The van der Waals surface area contributed by atoms with Crippen LogP contribution in [0, 0.1) is 0 Å². The van der Waals surface area contributed by atoms with E-state index in [1.807, 2.05) is 0 Å². The lowest BCUT2D eigenvalue weighted by Gasteiger charge is -2.21. The van der Waals surface area contributed by atoms with Crippen molar-refractivity contribution in [3.63, 3.8) is 0 Å². The molecule has 0 saturated heterocycles. The molecule has 0 aliphatic heterocycles. The summed E-state index contributed by atoms with van der Waals surface area (Å²) in [6.07, 6.45) is 2.20. The van der Waals surface area contributed by atoms with Gasteiger partial charge < -0.3 is 23.6 Å². The molecular formula is C18H43NO4Si2. The highest BCUT2D eigenvalue weighted by molar-refractivity contribution is 6.71. The van der Waals surface area contributed by atoms with Crippen LogP contribution in [0.3, 0.4) is 0 Å². The number of nitrogens with one attached hydrogen (secondary N) is 1. The summed E-state index contributed by atoms with van der Waals surface area (Å²) < 4.78 is 23.0. The first-order valence-corrected chi connectivity index (χ1v) is 16.2. The van der Waals surface area contributed by atoms with Gasteiger partial charge in [-0.15, -0.1) is 0 Å². The maximum atomic E-state index is 5.81. The zero-order chi connectivity index (χ0) is 19.0. The number of hydrogen-bond donors (Lipinski definition) is 1. The molecule has 152 valence electrons. The highest BCUT2D eigenvalue weighted by atomic mass is 28.4. The van der Waals surface area contributed by atoms with Crippen molar-refractivity contribution in [2.75, 3.05) is 52.7 Å². The zero-order valence-corrected chi connectivity index (χ0v) is 19.6. The topological polar surface area (TPSA) is 49.0 Å². The van der Waals surface area contributed by atoms with Crippen LogP contribution in [0.4, 0.5) is 0 Å². The van der Waals surface area contributed by atoms with Crippen molar-refractivity contribution in [3.05, 3.63) is 0 Å². The Balaban J connectivity index is 3.27. The molecule has 0 spiro atoms. The van der Waals surface area contributed by atoms with Gasteiger partial charge in [0.05, 0.1) is 13.2 Å². The van der Waals surface area contributed by atoms with Gasteiger partial charge >= 0.3 is 0 Å². The van der Waals surface area contributed by atoms with Crippen molar-refractivity contribution in [1.29, 1.82) is 0 Å². The maximum Gasteiger partial charge on any atom is 0.186 e. The van der Waals surface area contributed by atoms with E-state index in [-0.39, 0.29) is 0 Å². The standard InChI is InChI=1S/C18H43NO4Si2/c1-7-22-24(3,4)17-9-13-20-15-11-19-12-16-21-14-10-18-25(5,6)23-8-2/h19H,7-18H2,1-6H3. The van der Waals surface area contributed by atoms with Crippen LogP contribution in [0.2, 0.25) is 38.3 Å². The summed E-state index contributed by atoms with van der Waals surface area (Å²) in [4.78, 5) is 0. The fraction of sp³-hybridized carbons (Fsp3) is 1.00. The van der Waals surface area contributed by atoms with E-state index in [9.17, 15) is 0 Å². The molecule has 0 aromatic carbocycles. The maximum absolute atomic E-state index is 5.81. The van der Waals surface area contributed by atoms with Crippen molar-refractivity contribution >= 4 is 16.6 Å². The molecule has 0 amide bonds. The van der Waals surface area contributed by atoms with Crippen LogP contribution in [0.5, 0.6) is 0 Å². The van der Waals surface area contributed by atoms with E-state index in [1.165, 1.54) is 12.1 Å². The van der Waals surface area contributed by atoms with E-state index in [0.29, 0.717) is 0 Å². The second-order valence-electron chi connectivity index (χ2n) is 7.57. The predicted molar refractivity (Wildman–Crippen MR) is 112 cm³/mol. The molecule has 0 aliphatic rings. The van der Waals surface area contributed by atoms with Crippen molar-refractivity contribution in [3.8, 4) is 0 Å². The number of rotatable bonds is 18. The first-order chi connectivity index (χ1) is 11.8. The summed E-state index contributed by atoms with van der Waals surface area (Å²) in [6, 6.07) is 2.34.